The van der Waals surface area contributed by atoms with Gasteiger partial charge < -0.3 is 0 Å². The Morgan fingerprint density at radius 2 is 1.58 bits per heavy atom. The molecule has 0 unspecified atom stereocenters. The molecular weight excluding hydrogens is 491 g/mol. The molecule has 2 amide bonds. The third-order valence-corrected chi connectivity index (χ3v) is 5.90. The normalized spacial score (nSPS) is 12.8. The van der Waals surface area contributed by atoms with Crippen LogP contribution >= 0.6 is 15.9 Å². The van der Waals surface area contributed by atoms with Gasteiger partial charge in [-0.3, -0.25) is 23.9 Å². The number of aromatic nitrogens is 3. The van der Waals surface area contributed by atoms with E-state index in [0.717, 1.165) is 9.37 Å². The molecule has 0 fully saturated rings. The average Bonchev–Trinajstić information content (AvgIpc) is 3.38. The number of benzene rings is 3. The maximum atomic E-state index is 15.0. The van der Waals surface area contributed by atoms with Gasteiger partial charge in [0.2, 0.25) is 0 Å². The summed E-state index contributed by atoms with van der Waals surface area (Å²) in [5.41, 5.74) is 1.01. The van der Waals surface area contributed by atoms with Gasteiger partial charge in [-0.15, -0.1) is 10.2 Å². The lowest BCUT2D eigenvalue weighted by Gasteiger charge is -2.16. The molecular formula is C24H14BrFN4O3. The molecule has 0 aliphatic carbocycles. The lowest BCUT2D eigenvalue weighted by atomic mass is 10.0. The van der Waals surface area contributed by atoms with Gasteiger partial charge in [-0.2, -0.15) is 0 Å². The summed E-state index contributed by atoms with van der Waals surface area (Å²) in [6.07, 6.45) is 1.25. The van der Waals surface area contributed by atoms with Crippen molar-refractivity contribution >= 4 is 33.5 Å². The van der Waals surface area contributed by atoms with Crippen LogP contribution in [0.5, 0.6) is 0 Å². The second kappa shape index (κ2) is 8.18. The Kier molecular flexibility index (Phi) is 5.18. The Morgan fingerprint density at radius 3 is 2.24 bits per heavy atom. The fraction of sp³-hybridized carbons (Fsp3) is 0.0417. The van der Waals surface area contributed by atoms with Gasteiger partial charge in [0.15, 0.2) is 11.6 Å². The molecule has 0 N–H and O–H groups in total. The number of ketones is 1. The first kappa shape index (κ1) is 20.9. The monoisotopic (exact) mass is 504 g/mol. The minimum atomic E-state index is -0.665. The SMILES string of the molecule is O=C(c1ccc(Br)cc1)c1cccc(F)c1-n1cnnc1CN1C(=O)c2ccccc2C1=O. The summed E-state index contributed by atoms with van der Waals surface area (Å²) in [7, 11) is 0. The van der Waals surface area contributed by atoms with E-state index in [4.69, 9.17) is 0 Å². The fourth-order valence-corrected chi connectivity index (χ4v) is 4.04. The number of carbonyl (C=O) groups is 3. The lowest BCUT2D eigenvalue weighted by Crippen LogP contribution is -2.30. The average molecular weight is 505 g/mol. The zero-order valence-corrected chi connectivity index (χ0v) is 18.5. The summed E-state index contributed by atoms with van der Waals surface area (Å²) in [6, 6.07) is 17.4. The van der Waals surface area contributed by atoms with Crippen molar-refractivity contribution in [2.45, 2.75) is 6.54 Å². The molecule has 4 aromatic rings. The predicted molar refractivity (Wildman–Crippen MR) is 120 cm³/mol. The zero-order valence-electron chi connectivity index (χ0n) is 16.9. The molecule has 7 nitrogen and oxygen atoms in total. The fourth-order valence-electron chi connectivity index (χ4n) is 3.78. The van der Waals surface area contributed by atoms with Gasteiger partial charge in [-0.1, -0.05) is 34.1 Å². The summed E-state index contributed by atoms with van der Waals surface area (Å²) >= 11 is 3.33. The smallest absolute Gasteiger partial charge is 0.261 e. The first-order valence-electron chi connectivity index (χ1n) is 9.89. The summed E-state index contributed by atoms with van der Waals surface area (Å²) < 4.78 is 17.1. The van der Waals surface area contributed by atoms with Crippen molar-refractivity contribution < 1.29 is 18.8 Å². The highest BCUT2D eigenvalue weighted by atomic mass is 79.9. The second-order valence-corrected chi connectivity index (χ2v) is 8.25. The van der Waals surface area contributed by atoms with Crippen LogP contribution in [0.2, 0.25) is 0 Å². The van der Waals surface area contributed by atoms with Gasteiger partial charge in [0.25, 0.3) is 11.8 Å². The summed E-state index contributed by atoms with van der Waals surface area (Å²) in [6.45, 7) is -0.230. The Hall–Kier alpha value is -3.98. The molecule has 0 spiro atoms. The third-order valence-electron chi connectivity index (χ3n) is 5.37. The van der Waals surface area contributed by atoms with Crippen molar-refractivity contribution in [3.63, 3.8) is 0 Å². The first-order valence-corrected chi connectivity index (χ1v) is 10.7. The summed E-state index contributed by atoms with van der Waals surface area (Å²) in [5.74, 6) is -1.85. The highest BCUT2D eigenvalue weighted by Gasteiger charge is 2.36. The van der Waals surface area contributed by atoms with E-state index in [1.54, 1.807) is 48.5 Å². The molecule has 0 saturated carbocycles. The number of fused-ring (bicyclic) bond motifs is 1. The van der Waals surface area contributed by atoms with E-state index in [2.05, 4.69) is 26.1 Å². The minimum Gasteiger partial charge on any atom is -0.289 e. The van der Waals surface area contributed by atoms with Gasteiger partial charge in [0.05, 0.1) is 23.4 Å². The number of para-hydroxylation sites is 1. The van der Waals surface area contributed by atoms with Crippen LogP contribution in [0.4, 0.5) is 4.39 Å². The van der Waals surface area contributed by atoms with Crippen LogP contribution in [0.1, 0.15) is 42.5 Å². The van der Waals surface area contributed by atoms with Crippen LogP contribution in [0.15, 0.2) is 77.5 Å². The molecule has 0 atom stereocenters. The van der Waals surface area contributed by atoms with E-state index in [9.17, 15) is 14.4 Å². The van der Waals surface area contributed by atoms with E-state index < -0.39 is 23.4 Å². The first-order chi connectivity index (χ1) is 16.0. The maximum absolute atomic E-state index is 15.0. The molecule has 0 saturated heterocycles. The van der Waals surface area contributed by atoms with Crippen LogP contribution in [0.3, 0.4) is 0 Å². The highest BCUT2D eigenvalue weighted by Crippen LogP contribution is 2.27. The van der Waals surface area contributed by atoms with Gasteiger partial charge in [0.1, 0.15) is 12.1 Å². The summed E-state index contributed by atoms with van der Waals surface area (Å²) in [4.78, 5) is 39.7. The van der Waals surface area contributed by atoms with Crippen molar-refractivity contribution in [1.29, 1.82) is 0 Å². The van der Waals surface area contributed by atoms with Gasteiger partial charge >= 0.3 is 0 Å². The van der Waals surface area contributed by atoms with Crippen LogP contribution in [-0.4, -0.2) is 37.3 Å². The van der Waals surface area contributed by atoms with Gasteiger partial charge in [-0.25, -0.2) is 4.39 Å². The number of hydrogen-bond acceptors (Lipinski definition) is 5. The number of amides is 2. The van der Waals surface area contributed by atoms with Crippen LogP contribution in [-0.2, 0) is 6.54 Å². The quantitative estimate of drug-likeness (QED) is 0.300. The molecule has 162 valence electrons. The van der Waals surface area contributed by atoms with Crippen LogP contribution < -0.4 is 0 Å². The number of halogens is 2. The lowest BCUT2D eigenvalue weighted by molar-refractivity contribution is 0.0637. The molecule has 1 aromatic heterocycles. The topological polar surface area (TPSA) is 85.2 Å². The zero-order chi connectivity index (χ0) is 23.1. The molecule has 9 heteroatoms. The third kappa shape index (κ3) is 3.56. The second-order valence-electron chi connectivity index (χ2n) is 7.33. The van der Waals surface area contributed by atoms with Crippen molar-refractivity contribution in [3.8, 4) is 5.69 Å². The Balaban J connectivity index is 1.54. The standard InChI is InChI=1S/C24H14BrFN4O3/c25-15-10-8-14(9-11-15)22(31)18-6-3-7-19(26)21(18)30-13-27-28-20(30)12-29-23(32)16-4-1-2-5-17(16)24(29)33/h1-11,13H,12H2. The molecule has 3 aromatic carbocycles. The van der Waals surface area contributed by atoms with Crippen molar-refractivity contribution in [2.24, 2.45) is 0 Å². The Labute approximate surface area is 195 Å². The van der Waals surface area contributed by atoms with Crippen molar-refractivity contribution in [1.82, 2.24) is 19.7 Å². The Bertz CT molecular complexity index is 1400. The van der Waals surface area contributed by atoms with E-state index in [1.165, 1.54) is 29.1 Å². The Morgan fingerprint density at radius 1 is 0.909 bits per heavy atom. The van der Waals surface area contributed by atoms with Crippen LogP contribution in [0.25, 0.3) is 5.69 Å². The molecule has 0 bridgehead atoms. The van der Waals surface area contributed by atoms with Gasteiger partial charge in [-0.05, 0) is 48.5 Å². The molecule has 5 rings (SSSR count). The number of carbonyl (C=O) groups excluding carboxylic acids is 3. The number of rotatable bonds is 5. The molecule has 1 aliphatic rings. The molecule has 33 heavy (non-hydrogen) atoms. The van der Waals surface area contributed by atoms with Crippen molar-refractivity contribution in [2.75, 3.05) is 0 Å². The highest BCUT2D eigenvalue weighted by molar-refractivity contribution is 9.10. The number of imide groups is 1. The number of nitrogens with zero attached hydrogens (tertiary/aromatic N) is 4. The van der Waals surface area contributed by atoms with Gasteiger partial charge in [0, 0.05) is 15.6 Å². The number of hydrogen-bond donors (Lipinski definition) is 0. The minimum absolute atomic E-state index is 0.0537. The molecule has 0 radical (unpaired) electrons. The van der Waals surface area contributed by atoms with Crippen LogP contribution in [0, 0.1) is 5.82 Å². The molecule has 2 heterocycles. The largest absolute Gasteiger partial charge is 0.289 e. The summed E-state index contributed by atoms with van der Waals surface area (Å²) in [5, 5.41) is 7.84. The van der Waals surface area contributed by atoms with Crippen molar-refractivity contribution in [3.05, 3.63) is 111 Å². The van der Waals surface area contributed by atoms with E-state index >= 15 is 4.39 Å². The molecule has 1 aliphatic heterocycles. The van der Waals surface area contributed by atoms with E-state index in [-0.39, 0.29) is 23.6 Å². The van der Waals surface area contributed by atoms with E-state index in [1.807, 2.05) is 0 Å². The van der Waals surface area contributed by atoms with E-state index in [0.29, 0.717) is 16.7 Å². The maximum Gasteiger partial charge on any atom is 0.261 e. The predicted octanol–water partition coefficient (Wildman–Crippen LogP) is 4.20.